The third-order valence-electron chi connectivity index (χ3n) is 4.09. The van der Waals surface area contributed by atoms with Crippen LogP contribution in [0.5, 0.6) is 0 Å². The molecule has 2 nitrogen and oxygen atoms in total. The fraction of sp³-hybridized carbons (Fsp3) is 0.933. The lowest BCUT2D eigenvalue weighted by molar-refractivity contribution is -0.154. The molecule has 0 saturated heterocycles. The van der Waals surface area contributed by atoms with E-state index in [9.17, 15) is 4.79 Å². The summed E-state index contributed by atoms with van der Waals surface area (Å²) in [6, 6.07) is 0. The van der Waals surface area contributed by atoms with Crippen LogP contribution in [0.25, 0.3) is 0 Å². The maximum absolute atomic E-state index is 10.9. The highest BCUT2D eigenvalue weighted by atomic mass is 16.6. The van der Waals surface area contributed by atoms with Gasteiger partial charge in [-0.05, 0) is 50.9 Å². The van der Waals surface area contributed by atoms with E-state index in [4.69, 9.17) is 4.74 Å². The number of carbonyl (C=O) groups is 1. The summed E-state index contributed by atoms with van der Waals surface area (Å²) in [5.74, 6) is 2.63. The van der Waals surface area contributed by atoms with E-state index in [1.54, 1.807) is 0 Å². The van der Waals surface area contributed by atoms with Gasteiger partial charge in [0, 0.05) is 6.92 Å². The maximum atomic E-state index is 10.9. The Labute approximate surface area is 106 Å². The van der Waals surface area contributed by atoms with Crippen LogP contribution in [0.15, 0.2) is 0 Å². The quantitative estimate of drug-likeness (QED) is 0.624. The zero-order valence-corrected chi connectivity index (χ0v) is 12.1. The second kappa shape index (κ2) is 5.88. The molecule has 1 aliphatic rings. The van der Waals surface area contributed by atoms with Crippen molar-refractivity contribution in [1.82, 2.24) is 0 Å². The van der Waals surface area contributed by atoms with Crippen LogP contribution in [0.1, 0.15) is 66.7 Å². The first kappa shape index (κ1) is 14.5. The molecular formula is C15H28O2. The monoisotopic (exact) mass is 240 g/mol. The Morgan fingerprint density at radius 2 is 2.12 bits per heavy atom. The molecule has 1 rings (SSSR count). The first-order valence-electron chi connectivity index (χ1n) is 7.05. The lowest BCUT2D eigenvalue weighted by atomic mass is 9.93. The van der Waals surface area contributed by atoms with Gasteiger partial charge in [-0.2, -0.15) is 0 Å². The fourth-order valence-electron chi connectivity index (χ4n) is 2.94. The molecule has 0 aliphatic heterocycles. The van der Waals surface area contributed by atoms with Crippen LogP contribution >= 0.6 is 0 Å². The molecule has 0 aromatic heterocycles. The van der Waals surface area contributed by atoms with Crippen LogP contribution in [-0.2, 0) is 9.53 Å². The maximum Gasteiger partial charge on any atom is 0.303 e. The van der Waals surface area contributed by atoms with E-state index in [1.165, 1.54) is 26.2 Å². The van der Waals surface area contributed by atoms with E-state index in [2.05, 4.69) is 13.8 Å². The van der Waals surface area contributed by atoms with E-state index in [-0.39, 0.29) is 11.6 Å². The van der Waals surface area contributed by atoms with Gasteiger partial charge in [0.2, 0.25) is 0 Å². The first-order valence-corrected chi connectivity index (χ1v) is 7.05. The molecule has 100 valence electrons. The van der Waals surface area contributed by atoms with Gasteiger partial charge in [-0.25, -0.2) is 0 Å². The van der Waals surface area contributed by atoms with Gasteiger partial charge in [0.15, 0.2) is 0 Å². The van der Waals surface area contributed by atoms with Crippen LogP contribution in [-0.4, -0.2) is 11.6 Å². The number of ether oxygens (including phenoxy) is 1. The minimum atomic E-state index is -0.292. The molecule has 2 heteroatoms. The molecule has 17 heavy (non-hydrogen) atoms. The molecule has 0 aromatic carbocycles. The van der Waals surface area contributed by atoms with Gasteiger partial charge >= 0.3 is 5.97 Å². The van der Waals surface area contributed by atoms with Gasteiger partial charge in [0.25, 0.3) is 0 Å². The molecule has 0 aromatic rings. The van der Waals surface area contributed by atoms with E-state index in [0.717, 1.165) is 30.6 Å². The Kier molecular flexibility index (Phi) is 5.03. The molecule has 0 bridgehead atoms. The summed E-state index contributed by atoms with van der Waals surface area (Å²) in [5.41, 5.74) is -0.292. The zero-order chi connectivity index (χ0) is 13.1. The molecule has 3 unspecified atom stereocenters. The van der Waals surface area contributed by atoms with Crippen molar-refractivity contribution in [2.45, 2.75) is 72.3 Å². The molecule has 3 atom stereocenters. The molecule has 1 saturated carbocycles. The third kappa shape index (κ3) is 5.10. The summed E-state index contributed by atoms with van der Waals surface area (Å²) in [7, 11) is 0. The summed E-state index contributed by atoms with van der Waals surface area (Å²) < 4.78 is 5.30. The van der Waals surface area contributed by atoms with E-state index in [1.807, 2.05) is 13.8 Å². The van der Waals surface area contributed by atoms with Crippen molar-refractivity contribution < 1.29 is 9.53 Å². The normalized spacial score (nSPS) is 25.5. The Bertz CT molecular complexity index is 258. The highest BCUT2D eigenvalue weighted by molar-refractivity contribution is 5.66. The van der Waals surface area contributed by atoms with Crippen molar-refractivity contribution in [2.75, 3.05) is 0 Å². The van der Waals surface area contributed by atoms with Gasteiger partial charge < -0.3 is 4.74 Å². The summed E-state index contributed by atoms with van der Waals surface area (Å²) in [4.78, 5) is 10.9. The average molecular weight is 240 g/mol. The van der Waals surface area contributed by atoms with Gasteiger partial charge in [-0.15, -0.1) is 0 Å². The van der Waals surface area contributed by atoms with E-state index >= 15 is 0 Å². The number of carbonyl (C=O) groups excluding carboxylic acids is 1. The number of rotatable bonds is 7. The fourth-order valence-corrected chi connectivity index (χ4v) is 2.94. The zero-order valence-electron chi connectivity index (χ0n) is 12.1. The largest absolute Gasteiger partial charge is 0.460 e. The molecule has 1 aliphatic carbocycles. The van der Waals surface area contributed by atoms with Gasteiger partial charge in [0.05, 0.1) is 0 Å². The van der Waals surface area contributed by atoms with Crippen LogP contribution in [0.3, 0.4) is 0 Å². The molecule has 1 fully saturated rings. The number of hydrogen-bond acceptors (Lipinski definition) is 2. The first-order chi connectivity index (χ1) is 7.85. The minimum absolute atomic E-state index is 0.170. The van der Waals surface area contributed by atoms with Crippen LogP contribution in [0, 0.1) is 17.8 Å². The summed E-state index contributed by atoms with van der Waals surface area (Å²) in [6.45, 7) is 10.2. The van der Waals surface area contributed by atoms with Crippen LogP contribution in [0.4, 0.5) is 0 Å². The van der Waals surface area contributed by atoms with Gasteiger partial charge in [-0.3, -0.25) is 4.79 Å². The lowest BCUT2D eigenvalue weighted by Gasteiger charge is -2.25. The van der Waals surface area contributed by atoms with Crippen molar-refractivity contribution in [3.05, 3.63) is 0 Å². The van der Waals surface area contributed by atoms with Crippen LogP contribution < -0.4 is 0 Å². The van der Waals surface area contributed by atoms with Crippen molar-refractivity contribution in [1.29, 1.82) is 0 Å². The molecule has 0 N–H and O–H groups in total. The Hall–Kier alpha value is -0.530. The Morgan fingerprint density at radius 3 is 2.59 bits per heavy atom. The van der Waals surface area contributed by atoms with Crippen molar-refractivity contribution in [3.8, 4) is 0 Å². The topological polar surface area (TPSA) is 26.3 Å². The molecule has 0 spiro atoms. The predicted octanol–water partition coefficient (Wildman–Crippen LogP) is 4.18. The second-order valence-electron chi connectivity index (χ2n) is 6.29. The highest BCUT2D eigenvalue weighted by Gasteiger charge is 2.38. The summed E-state index contributed by atoms with van der Waals surface area (Å²) >= 11 is 0. The molecule has 0 radical (unpaired) electrons. The minimum Gasteiger partial charge on any atom is -0.460 e. The smallest absolute Gasteiger partial charge is 0.303 e. The number of esters is 1. The average Bonchev–Trinajstić information content (AvgIpc) is 2.93. The van der Waals surface area contributed by atoms with Gasteiger partial charge in [0.1, 0.15) is 5.60 Å². The third-order valence-corrected chi connectivity index (χ3v) is 4.09. The predicted molar refractivity (Wildman–Crippen MR) is 70.7 cm³/mol. The summed E-state index contributed by atoms with van der Waals surface area (Å²) in [5, 5.41) is 0. The van der Waals surface area contributed by atoms with Crippen molar-refractivity contribution in [3.63, 3.8) is 0 Å². The van der Waals surface area contributed by atoms with E-state index < -0.39 is 0 Å². The highest BCUT2D eigenvalue weighted by Crippen LogP contribution is 2.47. The lowest BCUT2D eigenvalue weighted by Crippen LogP contribution is -2.26. The van der Waals surface area contributed by atoms with Gasteiger partial charge in [-0.1, -0.05) is 26.7 Å². The molecule has 0 heterocycles. The second-order valence-corrected chi connectivity index (χ2v) is 6.29. The van der Waals surface area contributed by atoms with Crippen molar-refractivity contribution >= 4 is 5.97 Å². The SMILES string of the molecule is CCC1CC1C(C)CCCC(C)(C)OC(C)=O. The van der Waals surface area contributed by atoms with Crippen molar-refractivity contribution in [2.24, 2.45) is 17.8 Å². The molecular weight excluding hydrogens is 212 g/mol. The number of hydrogen-bond donors (Lipinski definition) is 0. The van der Waals surface area contributed by atoms with E-state index in [0.29, 0.717) is 0 Å². The standard InChI is InChI=1S/C15H28O2/c1-6-13-10-14(13)11(2)8-7-9-15(4,5)17-12(3)16/h11,13-14H,6-10H2,1-5H3. The van der Waals surface area contributed by atoms with Crippen LogP contribution in [0.2, 0.25) is 0 Å². The molecule has 0 amide bonds. The Balaban J connectivity index is 2.17. The Morgan fingerprint density at radius 1 is 1.47 bits per heavy atom. The summed E-state index contributed by atoms with van der Waals surface area (Å²) in [6.07, 6.45) is 6.18.